The second kappa shape index (κ2) is 9.58. The minimum Gasteiger partial charge on any atom is -0.458 e. The van der Waals surface area contributed by atoms with E-state index in [9.17, 15) is 19.2 Å². The second-order valence-corrected chi connectivity index (χ2v) is 9.69. The lowest BCUT2D eigenvalue weighted by atomic mass is 10.1. The van der Waals surface area contributed by atoms with Gasteiger partial charge in [-0.05, 0) is 66.5 Å². The number of nitrogens with one attached hydrogen (secondary N) is 1. The van der Waals surface area contributed by atoms with Crippen LogP contribution in [0.25, 0.3) is 10.9 Å². The molecule has 0 fully saturated rings. The SMILES string of the molecule is Cn1c(=O)n(CCC[C@@H](NC(=O)OC(C)(C)C)C(=O)OC(C)(C)C)c(=O)c2ccccc21. The van der Waals surface area contributed by atoms with Crippen molar-refractivity contribution in [3.63, 3.8) is 0 Å². The number of ether oxygens (including phenoxy) is 2. The van der Waals surface area contributed by atoms with Crippen LogP contribution in [0, 0.1) is 0 Å². The van der Waals surface area contributed by atoms with Crippen molar-refractivity contribution >= 4 is 23.0 Å². The van der Waals surface area contributed by atoms with Crippen molar-refractivity contribution in [3.05, 3.63) is 45.1 Å². The zero-order chi connectivity index (χ0) is 24.3. The van der Waals surface area contributed by atoms with Gasteiger partial charge in [-0.3, -0.25) is 13.9 Å². The van der Waals surface area contributed by atoms with Gasteiger partial charge in [0.15, 0.2) is 0 Å². The summed E-state index contributed by atoms with van der Waals surface area (Å²) >= 11 is 0. The maximum absolute atomic E-state index is 12.8. The summed E-state index contributed by atoms with van der Waals surface area (Å²) < 4.78 is 13.2. The third kappa shape index (κ3) is 6.70. The molecular weight excluding hydrogens is 414 g/mol. The van der Waals surface area contributed by atoms with Crippen LogP contribution in [0.1, 0.15) is 54.4 Å². The number of benzene rings is 1. The Labute approximate surface area is 187 Å². The normalized spacial score (nSPS) is 13.0. The van der Waals surface area contributed by atoms with E-state index in [0.29, 0.717) is 10.9 Å². The highest BCUT2D eigenvalue weighted by Gasteiger charge is 2.28. The van der Waals surface area contributed by atoms with Gasteiger partial charge in [0.05, 0.1) is 10.9 Å². The third-order valence-electron chi connectivity index (χ3n) is 4.52. The van der Waals surface area contributed by atoms with Crippen molar-refractivity contribution in [2.24, 2.45) is 7.05 Å². The minimum atomic E-state index is -0.982. The van der Waals surface area contributed by atoms with Crippen molar-refractivity contribution in [3.8, 4) is 0 Å². The van der Waals surface area contributed by atoms with Gasteiger partial charge < -0.3 is 14.8 Å². The number of aromatic nitrogens is 2. The van der Waals surface area contributed by atoms with Gasteiger partial charge in [-0.25, -0.2) is 14.4 Å². The average Bonchev–Trinajstić information content (AvgIpc) is 2.65. The summed E-state index contributed by atoms with van der Waals surface area (Å²) in [6.07, 6.45) is -0.295. The van der Waals surface area contributed by atoms with E-state index in [-0.39, 0.29) is 19.4 Å². The lowest BCUT2D eigenvalue weighted by molar-refractivity contribution is -0.157. The second-order valence-electron chi connectivity index (χ2n) is 9.69. The van der Waals surface area contributed by atoms with E-state index in [0.717, 1.165) is 4.57 Å². The lowest BCUT2D eigenvalue weighted by Crippen LogP contribution is -2.46. The molecule has 2 rings (SSSR count). The summed E-state index contributed by atoms with van der Waals surface area (Å²) in [5.41, 5.74) is -1.75. The fourth-order valence-corrected chi connectivity index (χ4v) is 3.19. The van der Waals surface area contributed by atoms with Crippen LogP contribution in [0.5, 0.6) is 0 Å². The standard InChI is InChI=1S/C23H33N3O6/c1-22(2,3)31-19(28)16(24-20(29)32-23(4,5)6)12-10-14-26-18(27)15-11-8-9-13-17(15)25(7)21(26)30/h8-9,11,13,16H,10,12,14H2,1-7H3,(H,24,29)/t16-/m1/s1. The first-order valence-electron chi connectivity index (χ1n) is 10.6. The number of hydrogen-bond donors (Lipinski definition) is 1. The number of rotatable bonds is 6. The summed E-state index contributed by atoms with van der Waals surface area (Å²) in [4.78, 5) is 50.3. The Kier molecular flexibility index (Phi) is 7.54. The molecule has 1 amide bonds. The number of para-hydroxylation sites is 1. The Hall–Kier alpha value is -3.10. The van der Waals surface area contributed by atoms with Crippen LogP contribution in [0.4, 0.5) is 4.79 Å². The van der Waals surface area contributed by atoms with E-state index in [1.165, 1.54) is 4.57 Å². The molecular formula is C23H33N3O6. The summed E-state index contributed by atoms with van der Waals surface area (Å²) in [5.74, 6) is -0.609. The van der Waals surface area contributed by atoms with Gasteiger partial charge in [-0.2, -0.15) is 0 Å². The predicted octanol–water partition coefficient (Wildman–Crippen LogP) is 2.72. The van der Waals surface area contributed by atoms with E-state index >= 15 is 0 Å². The molecule has 1 aromatic carbocycles. The highest BCUT2D eigenvalue weighted by molar-refractivity contribution is 5.81. The van der Waals surface area contributed by atoms with Crippen molar-refractivity contribution in [1.29, 1.82) is 0 Å². The number of esters is 1. The number of hydrogen-bond acceptors (Lipinski definition) is 6. The van der Waals surface area contributed by atoms with Crippen LogP contribution in [-0.2, 0) is 27.9 Å². The largest absolute Gasteiger partial charge is 0.458 e. The molecule has 0 aliphatic heterocycles. The number of aryl methyl sites for hydroxylation is 1. The van der Waals surface area contributed by atoms with Crippen LogP contribution in [0.3, 0.4) is 0 Å². The summed E-state index contributed by atoms with van der Waals surface area (Å²) in [7, 11) is 1.61. The molecule has 0 saturated carbocycles. The molecule has 1 aromatic heterocycles. The number of carbonyl (C=O) groups excluding carboxylic acids is 2. The first-order valence-corrected chi connectivity index (χ1v) is 10.6. The Morgan fingerprint density at radius 1 is 1.00 bits per heavy atom. The highest BCUT2D eigenvalue weighted by Crippen LogP contribution is 2.13. The van der Waals surface area contributed by atoms with E-state index in [2.05, 4.69) is 5.32 Å². The molecule has 0 radical (unpaired) electrons. The van der Waals surface area contributed by atoms with Crippen molar-refractivity contribution in [2.75, 3.05) is 0 Å². The van der Waals surface area contributed by atoms with E-state index in [1.807, 2.05) is 0 Å². The molecule has 0 aliphatic rings. The molecule has 1 N–H and O–H groups in total. The Balaban J connectivity index is 2.20. The summed E-state index contributed by atoms with van der Waals surface area (Å²) in [6, 6.07) is 5.90. The molecule has 176 valence electrons. The predicted molar refractivity (Wildman–Crippen MR) is 122 cm³/mol. The monoisotopic (exact) mass is 447 g/mol. The quantitative estimate of drug-likeness (QED) is 0.682. The van der Waals surface area contributed by atoms with E-state index in [4.69, 9.17) is 9.47 Å². The topological polar surface area (TPSA) is 109 Å². The zero-order valence-corrected chi connectivity index (χ0v) is 19.9. The van der Waals surface area contributed by atoms with Gasteiger partial charge in [0, 0.05) is 13.6 Å². The van der Waals surface area contributed by atoms with Crippen LogP contribution < -0.4 is 16.6 Å². The van der Waals surface area contributed by atoms with Crippen LogP contribution in [0.2, 0.25) is 0 Å². The molecule has 0 unspecified atom stereocenters. The Bertz CT molecular complexity index is 1100. The van der Waals surface area contributed by atoms with Gasteiger partial charge in [-0.15, -0.1) is 0 Å². The third-order valence-corrected chi connectivity index (χ3v) is 4.52. The minimum absolute atomic E-state index is 0.0889. The maximum Gasteiger partial charge on any atom is 0.408 e. The number of alkyl carbamates (subject to hydrolysis) is 1. The molecule has 0 spiro atoms. The van der Waals surface area contributed by atoms with Crippen molar-refractivity contribution in [2.45, 2.75) is 78.2 Å². The number of carbonyl (C=O) groups is 2. The highest BCUT2D eigenvalue weighted by atomic mass is 16.6. The van der Waals surface area contributed by atoms with Crippen molar-refractivity contribution in [1.82, 2.24) is 14.5 Å². The summed E-state index contributed by atoms with van der Waals surface area (Å²) in [5, 5.41) is 2.98. The number of fused-ring (bicyclic) bond motifs is 1. The van der Waals surface area contributed by atoms with Crippen LogP contribution in [-0.4, -0.2) is 38.4 Å². The van der Waals surface area contributed by atoms with E-state index in [1.54, 1.807) is 72.9 Å². The first kappa shape index (κ1) is 25.2. The molecule has 0 aliphatic carbocycles. The molecule has 1 heterocycles. The number of nitrogens with zero attached hydrogens (tertiary/aromatic N) is 2. The molecule has 32 heavy (non-hydrogen) atoms. The average molecular weight is 448 g/mol. The Morgan fingerprint density at radius 3 is 2.19 bits per heavy atom. The van der Waals surface area contributed by atoms with Gasteiger partial charge in [0.25, 0.3) is 5.56 Å². The van der Waals surface area contributed by atoms with Gasteiger partial charge in [0.1, 0.15) is 17.2 Å². The molecule has 9 nitrogen and oxygen atoms in total. The summed E-state index contributed by atoms with van der Waals surface area (Å²) in [6.45, 7) is 10.4. The Morgan fingerprint density at radius 2 is 1.59 bits per heavy atom. The lowest BCUT2D eigenvalue weighted by Gasteiger charge is -2.26. The molecule has 1 atom stereocenters. The van der Waals surface area contributed by atoms with Gasteiger partial charge >= 0.3 is 17.8 Å². The van der Waals surface area contributed by atoms with Gasteiger partial charge in [0.2, 0.25) is 0 Å². The van der Waals surface area contributed by atoms with Crippen LogP contribution in [0.15, 0.2) is 33.9 Å². The van der Waals surface area contributed by atoms with E-state index < -0.39 is 40.6 Å². The first-order chi connectivity index (χ1) is 14.7. The van der Waals surface area contributed by atoms with Crippen LogP contribution >= 0.6 is 0 Å². The zero-order valence-electron chi connectivity index (χ0n) is 19.9. The van der Waals surface area contributed by atoms with Gasteiger partial charge in [-0.1, -0.05) is 12.1 Å². The fraction of sp³-hybridized carbons (Fsp3) is 0.565. The maximum atomic E-state index is 12.8. The fourth-order valence-electron chi connectivity index (χ4n) is 3.19. The molecule has 0 saturated heterocycles. The molecule has 2 aromatic rings. The number of amides is 1. The molecule has 9 heteroatoms. The smallest absolute Gasteiger partial charge is 0.408 e. The molecule has 0 bridgehead atoms. The van der Waals surface area contributed by atoms with Crippen molar-refractivity contribution < 1.29 is 19.1 Å².